The average molecular weight is 373 g/mol. The quantitative estimate of drug-likeness (QED) is 0.666. The SMILES string of the molecule is CCOc1ccc([C@H](C)NC(=O)c2sc3cccc(F)c3c2OC)cc1. The smallest absolute Gasteiger partial charge is 0.265 e. The molecule has 1 N–H and O–H groups in total. The van der Waals surface area contributed by atoms with Crippen LogP contribution in [0.5, 0.6) is 11.5 Å². The summed E-state index contributed by atoms with van der Waals surface area (Å²) in [6, 6.07) is 12.1. The highest BCUT2D eigenvalue weighted by Crippen LogP contribution is 2.39. The van der Waals surface area contributed by atoms with Gasteiger partial charge in [0.25, 0.3) is 5.91 Å². The summed E-state index contributed by atoms with van der Waals surface area (Å²) in [5.74, 6) is 0.383. The van der Waals surface area contributed by atoms with Crippen molar-refractivity contribution in [2.75, 3.05) is 13.7 Å². The first-order chi connectivity index (χ1) is 12.5. The van der Waals surface area contributed by atoms with E-state index in [-0.39, 0.29) is 17.7 Å². The van der Waals surface area contributed by atoms with Crippen LogP contribution in [-0.4, -0.2) is 19.6 Å². The molecule has 0 radical (unpaired) electrons. The molecular weight excluding hydrogens is 353 g/mol. The highest BCUT2D eigenvalue weighted by atomic mass is 32.1. The van der Waals surface area contributed by atoms with Crippen LogP contribution in [0.15, 0.2) is 42.5 Å². The lowest BCUT2D eigenvalue weighted by Crippen LogP contribution is -2.26. The number of carbonyl (C=O) groups excluding carboxylic acids is 1. The molecule has 0 aliphatic rings. The number of fused-ring (bicyclic) bond motifs is 1. The zero-order valence-corrected chi connectivity index (χ0v) is 15.7. The van der Waals surface area contributed by atoms with Gasteiger partial charge in [-0.3, -0.25) is 4.79 Å². The van der Waals surface area contributed by atoms with Crippen molar-refractivity contribution in [3.63, 3.8) is 0 Å². The van der Waals surface area contributed by atoms with Crippen LogP contribution in [-0.2, 0) is 0 Å². The number of hydrogen-bond donors (Lipinski definition) is 1. The molecule has 4 nitrogen and oxygen atoms in total. The second-order valence-electron chi connectivity index (χ2n) is 5.77. The predicted molar refractivity (Wildman–Crippen MR) is 102 cm³/mol. The van der Waals surface area contributed by atoms with Crippen LogP contribution in [0.2, 0.25) is 0 Å². The number of rotatable bonds is 6. The number of carbonyl (C=O) groups is 1. The zero-order chi connectivity index (χ0) is 18.7. The number of methoxy groups -OCH3 is 1. The summed E-state index contributed by atoms with van der Waals surface area (Å²) in [6.45, 7) is 4.43. The second-order valence-corrected chi connectivity index (χ2v) is 6.83. The van der Waals surface area contributed by atoms with Gasteiger partial charge in [0.2, 0.25) is 0 Å². The van der Waals surface area contributed by atoms with Crippen LogP contribution in [0.1, 0.15) is 35.1 Å². The van der Waals surface area contributed by atoms with E-state index in [0.29, 0.717) is 21.6 Å². The van der Waals surface area contributed by atoms with Crippen LogP contribution in [0, 0.1) is 5.82 Å². The van der Waals surface area contributed by atoms with Crippen LogP contribution < -0.4 is 14.8 Å². The van der Waals surface area contributed by atoms with Crippen molar-refractivity contribution >= 4 is 27.3 Å². The Morgan fingerprint density at radius 1 is 1.23 bits per heavy atom. The first-order valence-corrected chi connectivity index (χ1v) is 9.15. The largest absolute Gasteiger partial charge is 0.494 e. The minimum absolute atomic E-state index is 0.210. The fourth-order valence-electron chi connectivity index (χ4n) is 2.79. The van der Waals surface area contributed by atoms with E-state index in [1.54, 1.807) is 12.1 Å². The van der Waals surface area contributed by atoms with Crippen molar-refractivity contribution in [1.82, 2.24) is 5.32 Å². The maximum Gasteiger partial charge on any atom is 0.265 e. The molecule has 2 aromatic carbocycles. The second kappa shape index (κ2) is 7.74. The highest BCUT2D eigenvalue weighted by Gasteiger charge is 2.23. The molecule has 0 saturated heterocycles. The van der Waals surface area contributed by atoms with Crippen molar-refractivity contribution < 1.29 is 18.7 Å². The lowest BCUT2D eigenvalue weighted by molar-refractivity contribution is 0.0941. The molecule has 0 unspecified atom stereocenters. The van der Waals surface area contributed by atoms with E-state index >= 15 is 0 Å². The third kappa shape index (κ3) is 3.51. The molecule has 3 aromatic rings. The van der Waals surface area contributed by atoms with Crippen molar-refractivity contribution in [2.24, 2.45) is 0 Å². The Balaban J connectivity index is 1.83. The van der Waals surface area contributed by atoms with Gasteiger partial charge in [-0.05, 0) is 43.7 Å². The Labute approximate surface area is 155 Å². The fraction of sp³-hybridized carbons (Fsp3) is 0.250. The van der Waals surface area contributed by atoms with Gasteiger partial charge in [-0.2, -0.15) is 0 Å². The number of halogens is 1. The van der Waals surface area contributed by atoms with Crippen molar-refractivity contribution in [2.45, 2.75) is 19.9 Å². The summed E-state index contributed by atoms with van der Waals surface area (Å²) in [5.41, 5.74) is 0.952. The van der Waals surface area contributed by atoms with Gasteiger partial charge < -0.3 is 14.8 Å². The molecule has 0 bridgehead atoms. The van der Waals surface area contributed by atoms with Crippen LogP contribution in [0.4, 0.5) is 4.39 Å². The van der Waals surface area contributed by atoms with Crippen molar-refractivity contribution in [3.05, 3.63) is 58.7 Å². The molecule has 0 fully saturated rings. The molecule has 0 saturated carbocycles. The number of hydrogen-bond acceptors (Lipinski definition) is 4. The molecule has 136 valence electrons. The molecule has 3 rings (SSSR count). The molecule has 0 spiro atoms. The Kier molecular flexibility index (Phi) is 5.42. The Morgan fingerprint density at radius 2 is 1.96 bits per heavy atom. The molecule has 6 heteroatoms. The van der Waals surface area contributed by atoms with Crippen molar-refractivity contribution in [3.8, 4) is 11.5 Å². The number of nitrogens with one attached hydrogen (secondary N) is 1. The van der Waals surface area contributed by atoms with E-state index in [4.69, 9.17) is 9.47 Å². The summed E-state index contributed by atoms with van der Waals surface area (Å²) in [6.07, 6.45) is 0. The van der Waals surface area contributed by atoms with E-state index < -0.39 is 5.82 Å². The first kappa shape index (κ1) is 18.2. The summed E-state index contributed by atoms with van der Waals surface area (Å²) in [4.78, 5) is 13.1. The van der Waals surface area contributed by atoms with Gasteiger partial charge in [0, 0.05) is 4.70 Å². The topological polar surface area (TPSA) is 47.6 Å². The minimum Gasteiger partial charge on any atom is -0.494 e. The van der Waals surface area contributed by atoms with Crippen LogP contribution >= 0.6 is 11.3 Å². The average Bonchev–Trinajstić information content (AvgIpc) is 3.02. The van der Waals surface area contributed by atoms with Gasteiger partial charge in [0.15, 0.2) is 5.75 Å². The van der Waals surface area contributed by atoms with Gasteiger partial charge in [-0.1, -0.05) is 18.2 Å². The molecule has 0 aliphatic carbocycles. The number of benzene rings is 2. The molecule has 1 amide bonds. The number of thiophene rings is 1. The summed E-state index contributed by atoms with van der Waals surface area (Å²) >= 11 is 1.22. The van der Waals surface area contributed by atoms with E-state index in [2.05, 4.69) is 5.32 Å². The summed E-state index contributed by atoms with van der Waals surface area (Å²) < 4.78 is 25.6. The maximum atomic E-state index is 14.1. The van der Waals surface area contributed by atoms with E-state index in [1.165, 1.54) is 24.5 Å². The molecule has 26 heavy (non-hydrogen) atoms. The summed E-state index contributed by atoms with van der Waals surface area (Å²) in [5, 5.41) is 3.29. The van der Waals surface area contributed by atoms with Gasteiger partial charge in [0.05, 0.1) is 25.1 Å². The Morgan fingerprint density at radius 3 is 2.62 bits per heavy atom. The number of amides is 1. The third-order valence-electron chi connectivity index (χ3n) is 4.07. The van der Waals surface area contributed by atoms with Gasteiger partial charge >= 0.3 is 0 Å². The fourth-order valence-corrected chi connectivity index (χ4v) is 3.88. The van der Waals surface area contributed by atoms with Gasteiger partial charge in [-0.15, -0.1) is 11.3 Å². The molecule has 0 aliphatic heterocycles. The van der Waals surface area contributed by atoms with E-state index in [9.17, 15) is 9.18 Å². The zero-order valence-electron chi connectivity index (χ0n) is 14.8. The standard InChI is InChI=1S/C20H20FNO3S/c1-4-25-14-10-8-13(9-11-14)12(2)22-20(23)19-18(24-3)17-15(21)6-5-7-16(17)26-19/h5-12H,4H2,1-3H3,(H,22,23)/t12-/m0/s1. The predicted octanol–water partition coefficient (Wildman–Crippen LogP) is 4.94. The highest BCUT2D eigenvalue weighted by molar-refractivity contribution is 7.21. The lowest BCUT2D eigenvalue weighted by atomic mass is 10.1. The normalized spacial score (nSPS) is 12.0. The van der Waals surface area contributed by atoms with E-state index in [0.717, 1.165) is 11.3 Å². The summed E-state index contributed by atoms with van der Waals surface area (Å²) in [7, 11) is 1.45. The maximum absolute atomic E-state index is 14.1. The third-order valence-corrected chi connectivity index (χ3v) is 5.20. The Hall–Kier alpha value is -2.60. The number of ether oxygens (including phenoxy) is 2. The first-order valence-electron chi connectivity index (χ1n) is 8.33. The minimum atomic E-state index is -0.394. The molecule has 1 aromatic heterocycles. The van der Waals surface area contributed by atoms with Crippen LogP contribution in [0.25, 0.3) is 10.1 Å². The van der Waals surface area contributed by atoms with E-state index in [1.807, 2.05) is 38.1 Å². The molecule has 1 atom stereocenters. The monoisotopic (exact) mass is 373 g/mol. The van der Waals surface area contributed by atoms with Crippen molar-refractivity contribution in [1.29, 1.82) is 0 Å². The van der Waals surface area contributed by atoms with Gasteiger partial charge in [0.1, 0.15) is 16.4 Å². The van der Waals surface area contributed by atoms with Crippen LogP contribution in [0.3, 0.4) is 0 Å². The molecule has 1 heterocycles. The van der Waals surface area contributed by atoms with Gasteiger partial charge in [-0.25, -0.2) is 4.39 Å². The molecular formula is C20H20FNO3S. The Bertz CT molecular complexity index is 921. The lowest BCUT2D eigenvalue weighted by Gasteiger charge is -2.15.